The van der Waals surface area contributed by atoms with Crippen LogP contribution in [0.1, 0.15) is 31.2 Å². The van der Waals surface area contributed by atoms with Crippen molar-refractivity contribution < 1.29 is 4.42 Å². The van der Waals surface area contributed by atoms with Gasteiger partial charge in [-0.1, -0.05) is 25.1 Å². The van der Waals surface area contributed by atoms with Crippen LogP contribution in [-0.2, 0) is 6.42 Å². The number of benzene rings is 1. The molecule has 2 rings (SSSR count). The minimum absolute atomic E-state index is 0.0775. The van der Waals surface area contributed by atoms with Gasteiger partial charge in [0.1, 0.15) is 5.76 Å². The van der Waals surface area contributed by atoms with Crippen molar-refractivity contribution in [1.82, 2.24) is 9.80 Å². The number of furan rings is 1. The fourth-order valence-corrected chi connectivity index (χ4v) is 2.96. The maximum Gasteiger partial charge on any atom is 0.174 e. The van der Waals surface area contributed by atoms with E-state index in [1.165, 1.54) is 5.56 Å². The van der Waals surface area contributed by atoms with Crippen molar-refractivity contribution in [3.8, 4) is 0 Å². The molecule has 0 aliphatic rings. The summed E-state index contributed by atoms with van der Waals surface area (Å²) in [5.74, 6) is 0.918. The largest absolute Gasteiger partial charge is 0.467 e. The first-order valence-electron chi connectivity index (χ1n) is 8.36. The first kappa shape index (κ1) is 18.5. The lowest BCUT2D eigenvalue weighted by molar-refractivity contribution is 0.263. The Balaban J connectivity index is 2.17. The summed E-state index contributed by atoms with van der Waals surface area (Å²) < 4.78 is 5.59. The molecule has 0 aliphatic heterocycles. The zero-order chi connectivity index (χ0) is 17.5. The fraction of sp³-hybridized carbons (Fsp3) is 0.421. The van der Waals surface area contributed by atoms with Crippen molar-refractivity contribution in [2.45, 2.75) is 26.3 Å². The number of anilines is 1. The number of aryl methyl sites for hydroxylation is 1. The number of likely N-dealkylation sites (N-methyl/N-ethyl adjacent to an activating group) is 1. The highest BCUT2D eigenvalue weighted by Gasteiger charge is 2.21. The molecule has 2 aromatic rings. The van der Waals surface area contributed by atoms with E-state index in [1.807, 2.05) is 18.2 Å². The molecule has 1 aromatic carbocycles. The van der Waals surface area contributed by atoms with Gasteiger partial charge in [-0.3, -0.25) is 0 Å². The maximum atomic E-state index is 5.72. The molecule has 0 saturated heterocycles. The third kappa shape index (κ3) is 4.82. The van der Waals surface area contributed by atoms with Gasteiger partial charge in [0.05, 0.1) is 12.3 Å². The summed E-state index contributed by atoms with van der Waals surface area (Å²) in [6, 6.07) is 12.3. The van der Waals surface area contributed by atoms with Crippen LogP contribution in [0, 0.1) is 0 Å². The first-order chi connectivity index (χ1) is 11.5. The molecule has 0 saturated carbocycles. The lowest BCUT2D eigenvalue weighted by atomic mass is 10.1. The molecule has 4 nitrogen and oxygen atoms in total. The van der Waals surface area contributed by atoms with Gasteiger partial charge >= 0.3 is 0 Å². The molecule has 0 fully saturated rings. The van der Waals surface area contributed by atoms with Gasteiger partial charge in [-0.25, -0.2) is 0 Å². The van der Waals surface area contributed by atoms with Gasteiger partial charge in [0, 0.05) is 18.8 Å². The molecular weight excluding hydrogens is 318 g/mol. The SMILES string of the molecule is CCc1ccccc1NC(=S)N(CCN(C)C)[C@@H](C)c1ccco1. The summed E-state index contributed by atoms with van der Waals surface area (Å²) >= 11 is 5.72. The van der Waals surface area contributed by atoms with Crippen LogP contribution in [0.15, 0.2) is 47.1 Å². The van der Waals surface area contributed by atoms with E-state index in [9.17, 15) is 0 Å². The molecule has 0 aliphatic carbocycles. The average Bonchev–Trinajstić information content (AvgIpc) is 3.09. The van der Waals surface area contributed by atoms with Crippen molar-refractivity contribution in [2.24, 2.45) is 0 Å². The number of rotatable bonds is 7. The molecule has 0 unspecified atom stereocenters. The second-order valence-electron chi connectivity index (χ2n) is 6.13. The van der Waals surface area contributed by atoms with Crippen molar-refractivity contribution in [2.75, 3.05) is 32.5 Å². The van der Waals surface area contributed by atoms with Gasteiger partial charge in [0.25, 0.3) is 0 Å². The highest BCUT2D eigenvalue weighted by atomic mass is 32.1. The van der Waals surface area contributed by atoms with E-state index >= 15 is 0 Å². The normalized spacial score (nSPS) is 12.2. The van der Waals surface area contributed by atoms with Crippen LogP contribution in [0.25, 0.3) is 0 Å². The Morgan fingerprint density at radius 3 is 2.54 bits per heavy atom. The minimum Gasteiger partial charge on any atom is -0.467 e. The summed E-state index contributed by atoms with van der Waals surface area (Å²) in [7, 11) is 4.14. The van der Waals surface area contributed by atoms with Gasteiger partial charge in [-0.2, -0.15) is 0 Å². The van der Waals surface area contributed by atoms with E-state index < -0.39 is 0 Å². The molecule has 0 amide bonds. The molecule has 1 N–H and O–H groups in total. The standard InChI is InChI=1S/C19H27N3OS/c1-5-16-9-6-7-10-17(16)20-19(24)22(13-12-21(3)4)15(2)18-11-8-14-23-18/h6-11,14-15H,5,12-13H2,1-4H3,(H,20,24)/t15-/m0/s1. The van der Waals surface area contributed by atoms with Crippen molar-refractivity contribution in [1.29, 1.82) is 0 Å². The number of hydrogen-bond acceptors (Lipinski definition) is 3. The van der Waals surface area contributed by atoms with Crippen molar-refractivity contribution in [3.63, 3.8) is 0 Å². The summed E-state index contributed by atoms with van der Waals surface area (Å²) in [5, 5.41) is 4.15. The molecule has 130 valence electrons. The van der Waals surface area contributed by atoms with Crippen molar-refractivity contribution >= 4 is 23.0 Å². The van der Waals surface area contributed by atoms with Crippen LogP contribution >= 0.6 is 12.2 Å². The van der Waals surface area contributed by atoms with Crippen LogP contribution in [0.5, 0.6) is 0 Å². The molecule has 5 heteroatoms. The Morgan fingerprint density at radius 2 is 1.92 bits per heavy atom. The third-order valence-corrected chi connectivity index (χ3v) is 4.45. The number of nitrogens with one attached hydrogen (secondary N) is 1. The Kier molecular flexibility index (Phi) is 6.82. The van der Waals surface area contributed by atoms with Crippen LogP contribution in [0.2, 0.25) is 0 Å². The van der Waals surface area contributed by atoms with Gasteiger partial charge in [0.2, 0.25) is 0 Å². The van der Waals surface area contributed by atoms with Gasteiger partial charge in [-0.15, -0.1) is 0 Å². The predicted octanol–water partition coefficient (Wildman–Crippen LogP) is 4.16. The Bertz CT molecular complexity index is 640. The highest BCUT2D eigenvalue weighted by Crippen LogP contribution is 2.23. The minimum atomic E-state index is 0.0775. The van der Waals surface area contributed by atoms with E-state index in [4.69, 9.17) is 16.6 Å². The summed E-state index contributed by atoms with van der Waals surface area (Å²) in [6.07, 6.45) is 2.68. The van der Waals surface area contributed by atoms with Crippen LogP contribution in [-0.4, -0.2) is 42.1 Å². The fourth-order valence-electron chi connectivity index (χ4n) is 2.60. The Labute approximate surface area is 150 Å². The maximum absolute atomic E-state index is 5.72. The average molecular weight is 346 g/mol. The van der Waals surface area contributed by atoms with E-state index in [0.29, 0.717) is 0 Å². The highest BCUT2D eigenvalue weighted by molar-refractivity contribution is 7.80. The second kappa shape index (κ2) is 8.85. The van der Waals surface area contributed by atoms with Gasteiger partial charge < -0.3 is 19.5 Å². The van der Waals surface area contributed by atoms with Crippen LogP contribution in [0.4, 0.5) is 5.69 Å². The molecule has 1 atom stereocenters. The predicted molar refractivity (Wildman–Crippen MR) is 104 cm³/mol. The molecule has 0 radical (unpaired) electrons. The monoisotopic (exact) mass is 345 g/mol. The molecule has 1 heterocycles. The van der Waals surface area contributed by atoms with Crippen molar-refractivity contribution in [3.05, 3.63) is 54.0 Å². The smallest absolute Gasteiger partial charge is 0.174 e. The topological polar surface area (TPSA) is 31.6 Å². The molecule has 1 aromatic heterocycles. The van der Waals surface area contributed by atoms with E-state index in [0.717, 1.165) is 36.1 Å². The number of hydrogen-bond donors (Lipinski definition) is 1. The summed E-state index contributed by atoms with van der Waals surface area (Å²) in [6.45, 7) is 6.02. The summed E-state index contributed by atoms with van der Waals surface area (Å²) in [5.41, 5.74) is 2.34. The molecule has 0 bridgehead atoms. The third-order valence-electron chi connectivity index (χ3n) is 4.11. The van der Waals surface area contributed by atoms with Gasteiger partial charge in [-0.05, 0) is 63.4 Å². The number of para-hydroxylation sites is 1. The van der Waals surface area contributed by atoms with E-state index in [2.05, 4.69) is 61.3 Å². The summed E-state index contributed by atoms with van der Waals surface area (Å²) in [4.78, 5) is 4.34. The second-order valence-corrected chi connectivity index (χ2v) is 6.52. The van der Waals surface area contributed by atoms with Crippen LogP contribution in [0.3, 0.4) is 0 Å². The van der Waals surface area contributed by atoms with E-state index in [1.54, 1.807) is 6.26 Å². The lowest BCUT2D eigenvalue weighted by Gasteiger charge is -2.32. The quantitative estimate of drug-likeness (QED) is 0.762. The van der Waals surface area contributed by atoms with Gasteiger partial charge in [0.15, 0.2) is 5.11 Å². The number of nitrogens with zero attached hydrogens (tertiary/aromatic N) is 2. The zero-order valence-corrected chi connectivity index (χ0v) is 15.8. The zero-order valence-electron chi connectivity index (χ0n) is 15.0. The number of thiocarbonyl (C=S) groups is 1. The molecule has 24 heavy (non-hydrogen) atoms. The first-order valence-corrected chi connectivity index (χ1v) is 8.77. The molecule has 0 spiro atoms. The Morgan fingerprint density at radius 1 is 1.17 bits per heavy atom. The Hall–Kier alpha value is -1.85. The van der Waals surface area contributed by atoms with E-state index in [-0.39, 0.29) is 6.04 Å². The molecular formula is C19H27N3OS. The lowest BCUT2D eigenvalue weighted by Crippen LogP contribution is -2.41. The van der Waals surface area contributed by atoms with Crippen LogP contribution < -0.4 is 5.32 Å².